The van der Waals surface area contributed by atoms with Crippen LogP contribution in [-0.4, -0.2) is 10.1 Å². The highest BCUT2D eigenvalue weighted by atomic mass is 79.9. The first kappa shape index (κ1) is 13.0. The zero-order chi connectivity index (χ0) is 13.1. The average molecular weight is 312 g/mol. The van der Waals surface area contributed by atoms with Gasteiger partial charge in [0.25, 0.3) is 0 Å². The van der Waals surface area contributed by atoms with Crippen molar-refractivity contribution < 1.29 is 14.2 Å². The van der Waals surface area contributed by atoms with Gasteiger partial charge in [0.2, 0.25) is 0 Å². The summed E-state index contributed by atoms with van der Waals surface area (Å²) in [4.78, 5) is 4.06. The second-order valence-corrected chi connectivity index (χ2v) is 4.63. The molecular weight excluding hydrogens is 301 g/mol. The zero-order valence-electron chi connectivity index (χ0n) is 9.60. The Hall–Kier alpha value is -1.46. The molecule has 0 saturated carbocycles. The van der Waals surface area contributed by atoms with E-state index < -0.39 is 6.10 Å². The maximum Gasteiger partial charge on any atom is 0.145 e. The monoisotopic (exact) mass is 311 g/mol. The van der Waals surface area contributed by atoms with Crippen LogP contribution >= 0.6 is 15.9 Å². The number of rotatable bonds is 3. The lowest BCUT2D eigenvalue weighted by atomic mass is 10.2. The Morgan fingerprint density at radius 3 is 2.67 bits per heavy atom. The summed E-state index contributed by atoms with van der Waals surface area (Å²) < 4.78 is 19.0. The summed E-state index contributed by atoms with van der Waals surface area (Å²) in [6.07, 6.45) is 0.898. The third kappa shape index (κ3) is 3.05. The van der Waals surface area contributed by atoms with Gasteiger partial charge >= 0.3 is 0 Å². The topological polar surface area (TPSA) is 42.4 Å². The van der Waals surface area contributed by atoms with Gasteiger partial charge in [-0.15, -0.1) is 0 Å². The summed E-state index contributed by atoms with van der Waals surface area (Å²) in [6.45, 7) is 1.64. The quantitative estimate of drug-likeness (QED) is 0.936. The first-order valence-corrected chi connectivity index (χ1v) is 6.12. The van der Waals surface area contributed by atoms with E-state index in [0.29, 0.717) is 21.7 Å². The summed E-state index contributed by atoms with van der Waals surface area (Å²) in [6, 6.07) is 7.55. The number of hydrogen-bond acceptors (Lipinski definition) is 3. The Morgan fingerprint density at radius 1 is 1.33 bits per heavy atom. The van der Waals surface area contributed by atoms with E-state index in [-0.39, 0.29) is 5.82 Å². The Bertz CT molecular complexity index is 543. The molecule has 0 saturated heterocycles. The number of pyridine rings is 1. The molecule has 0 aliphatic rings. The molecule has 0 fully saturated rings. The van der Waals surface area contributed by atoms with Gasteiger partial charge in [0.1, 0.15) is 17.3 Å². The lowest BCUT2D eigenvalue weighted by Gasteiger charge is -2.08. The largest absolute Gasteiger partial charge is 0.455 e. The number of benzene rings is 1. The molecule has 0 unspecified atom stereocenters. The van der Waals surface area contributed by atoms with Crippen LogP contribution in [0.1, 0.15) is 18.7 Å². The summed E-state index contributed by atoms with van der Waals surface area (Å²) in [5.41, 5.74) is 0.570. The standard InChI is InChI=1S/C13H11BrFNO2/c1-8(17)12-4-3-10(7-16-12)18-13-5-2-9(15)6-11(13)14/h2-8,17H,1H3/t8-/m0/s1. The minimum atomic E-state index is -0.614. The number of aliphatic hydroxyl groups excluding tert-OH is 1. The van der Waals surface area contributed by atoms with Crippen LogP contribution in [0.5, 0.6) is 11.5 Å². The van der Waals surface area contributed by atoms with Gasteiger partial charge in [0.05, 0.1) is 22.5 Å². The van der Waals surface area contributed by atoms with E-state index in [2.05, 4.69) is 20.9 Å². The van der Waals surface area contributed by atoms with E-state index in [4.69, 9.17) is 4.74 Å². The van der Waals surface area contributed by atoms with Gasteiger partial charge in [0, 0.05) is 0 Å². The molecule has 5 heteroatoms. The molecule has 0 bridgehead atoms. The van der Waals surface area contributed by atoms with Crippen LogP contribution in [0.4, 0.5) is 4.39 Å². The summed E-state index contributed by atoms with van der Waals surface area (Å²) in [7, 11) is 0. The Kier molecular flexibility index (Phi) is 3.93. The van der Waals surface area contributed by atoms with Crippen molar-refractivity contribution in [3.8, 4) is 11.5 Å². The van der Waals surface area contributed by atoms with Crippen LogP contribution in [-0.2, 0) is 0 Å². The fraction of sp³-hybridized carbons (Fsp3) is 0.154. The summed E-state index contributed by atoms with van der Waals surface area (Å²) >= 11 is 3.22. The molecule has 0 spiro atoms. The highest BCUT2D eigenvalue weighted by Crippen LogP contribution is 2.30. The van der Waals surface area contributed by atoms with Crippen molar-refractivity contribution in [3.05, 3.63) is 52.5 Å². The summed E-state index contributed by atoms with van der Waals surface area (Å²) in [5, 5.41) is 9.33. The number of aliphatic hydroxyl groups is 1. The average Bonchev–Trinajstić information content (AvgIpc) is 2.33. The predicted octanol–water partition coefficient (Wildman–Crippen LogP) is 3.83. The lowest BCUT2D eigenvalue weighted by molar-refractivity contribution is 0.194. The van der Waals surface area contributed by atoms with Crippen LogP contribution in [0.25, 0.3) is 0 Å². The van der Waals surface area contributed by atoms with Crippen molar-refractivity contribution in [1.82, 2.24) is 4.98 Å². The van der Waals surface area contributed by atoms with Crippen LogP contribution < -0.4 is 4.74 Å². The molecule has 3 nitrogen and oxygen atoms in total. The fourth-order valence-electron chi connectivity index (χ4n) is 1.38. The van der Waals surface area contributed by atoms with Crippen LogP contribution in [0, 0.1) is 5.82 Å². The number of ether oxygens (including phenoxy) is 1. The lowest BCUT2D eigenvalue weighted by Crippen LogP contribution is -1.95. The van der Waals surface area contributed by atoms with E-state index in [9.17, 15) is 9.50 Å². The third-order valence-corrected chi connectivity index (χ3v) is 2.93. The molecule has 1 heterocycles. The van der Waals surface area contributed by atoms with Gasteiger partial charge in [0.15, 0.2) is 0 Å². The van der Waals surface area contributed by atoms with Gasteiger partial charge in [-0.1, -0.05) is 0 Å². The van der Waals surface area contributed by atoms with E-state index >= 15 is 0 Å². The molecule has 18 heavy (non-hydrogen) atoms. The van der Waals surface area contributed by atoms with Gasteiger partial charge in [-0.3, -0.25) is 4.98 Å². The minimum absolute atomic E-state index is 0.336. The van der Waals surface area contributed by atoms with E-state index in [1.54, 1.807) is 19.1 Å². The molecule has 1 N–H and O–H groups in total. The summed E-state index contributed by atoms with van der Waals surface area (Å²) in [5.74, 6) is 0.687. The second kappa shape index (κ2) is 5.46. The normalized spacial score (nSPS) is 12.2. The molecule has 1 atom stereocenters. The Morgan fingerprint density at radius 2 is 2.11 bits per heavy atom. The van der Waals surface area contributed by atoms with E-state index in [1.807, 2.05) is 0 Å². The fourth-order valence-corrected chi connectivity index (χ4v) is 1.82. The molecule has 0 radical (unpaired) electrons. The van der Waals surface area contributed by atoms with Crippen molar-refractivity contribution in [3.63, 3.8) is 0 Å². The predicted molar refractivity (Wildman–Crippen MR) is 69.0 cm³/mol. The maximum absolute atomic E-state index is 12.9. The second-order valence-electron chi connectivity index (χ2n) is 3.77. The SMILES string of the molecule is C[C@H](O)c1ccc(Oc2ccc(F)cc2Br)cn1. The van der Waals surface area contributed by atoms with Gasteiger partial charge < -0.3 is 9.84 Å². The smallest absolute Gasteiger partial charge is 0.145 e. The highest BCUT2D eigenvalue weighted by Gasteiger charge is 2.06. The number of nitrogens with zero attached hydrogens (tertiary/aromatic N) is 1. The third-order valence-electron chi connectivity index (χ3n) is 2.31. The maximum atomic E-state index is 12.9. The van der Waals surface area contributed by atoms with Crippen molar-refractivity contribution in [1.29, 1.82) is 0 Å². The van der Waals surface area contributed by atoms with Crippen LogP contribution in [0.15, 0.2) is 41.0 Å². The Labute approximate surface area is 112 Å². The Balaban J connectivity index is 2.18. The molecule has 0 aliphatic carbocycles. The minimum Gasteiger partial charge on any atom is -0.455 e. The van der Waals surface area contributed by atoms with Crippen LogP contribution in [0.2, 0.25) is 0 Å². The van der Waals surface area contributed by atoms with Crippen molar-refractivity contribution >= 4 is 15.9 Å². The number of aromatic nitrogens is 1. The van der Waals surface area contributed by atoms with E-state index in [0.717, 1.165) is 0 Å². The highest BCUT2D eigenvalue weighted by molar-refractivity contribution is 9.10. The first-order chi connectivity index (χ1) is 8.56. The molecule has 0 amide bonds. The molecule has 94 valence electrons. The number of halogens is 2. The molecule has 1 aromatic carbocycles. The molecule has 1 aromatic heterocycles. The van der Waals surface area contributed by atoms with Gasteiger partial charge in [-0.05, 0) is 53.2 Å². The molecular formula is C13H11BrFNO2. The molecule has 2 aromatic rings. The van der Waals surface area contributed by atoms with Gasteiger partial charge in [-0.25, -0.2) is 4.39 Å². The van der Waals surface area contributed by atoms with Crippen molar-refractivity contribution in [2.45, 2.75) is 13.0 Å². The zero-order valence-corrected chi connectivity index (χ0v) is 11.2. The molecule has 0 aliphatic heterocycles. The molecule has 2 rings (SSSR count). The number of hydrogen-bond donors (Lipinski definition) is 1. The van der Waals surface area contributed by atoms with Crippen molar-refractivity contribution in [2.75, 3.05) is 0 Å². The van der Waals surface area contributed by atoms with Gasteiger partial charge in [-0.2, -0.15) is 0 Å². The van der Waals surface area contributed by atoms with Crippen LogP contribution in [0.3, 0.4) is 0 Å². The van der Waals surface area contributed by atoms with Crippen molar-refractivity contribution in [2.24, 2.45) is 0 Å². The first-order valence-electron chi connectivity index (χ1n) is 5.33. The van der Waals surface area contributed by atoms with E-state index in [1.165, 1.54) is 24.4 Å².